The van der Waals surface area contributed by atoms with Crippen molar-refractivity contribution in [1.29, 1.82) is 0 Å². The molecule has 1 aromatic rings. The molecular formula is C13H19ClFNO. The third kappa shape index (κ3) is 4.52. The van der Waals surface area contributed by atoms with Crippen molar-refractivity contribution in [2.45, 2.75) is 19.9 Å². The van der Waals surface area contributed by atoms with Gasteiger partial charge in [0, 0.05) is 24.1 Å². The molecule has 0 aliphatic heterocycles. The second kappa shape index (κ2) is 7.51. The van der Waals surface area contributed by atoms with Crippen LogP contribution in [0, 0.1) is 5.82 Å². The Balaban J connectivity index is 2.65. The third-order valence-corrected chi connectivity index (χ3v) is 2.98. The maximum atomic E-state index is 13.7. The van der Waals surface area contributed by atoms with Gasteiger partial charge in [-0.2, -0.15) is 0 Å². The lowest BCUT2D eigenvalue weighted by molar-refractivity contribution is 0.277. The summed E-state index contributed by atoms with van der Waals surface area (Å²) >= 11 is 5.66. The number of hydrogen-bond acceptors (Lipinski definition) is 2. The molecule has 0 aliphatic rings. The molecule has 0 fully saturated rings. The van der Waals surface area contributed by atoms with Crippen molar-refractivity contribution in [3.8, 4) is 5.75 Å². The Kier molecular flexibility index (Phi) is 6.30. The summed E-state index contributed by atoms with van der Waals surface area (Å²) in [5.74, 6) is 0.977. The number of hydrogen-bond donors (Lipinski definition) is 0. The first-order chi connectivity index (χ1) is 8.21. The fourth-order valence-electron chi connectivity index (χ4n) is 1.66. The van der Waals surface area contributed by atoms with Crippen molar-refractivity contribution >= 4 is 11.6 Å². The third-order valence-electron chi connectivity index (χ3n) is 2.71. The van der Waals surface area contributed by atoms with E-state index in [9.17, 15) is 4.39 Å². The van der Waals surface area contributed by atoms with E-state index < -0.39 is 0 Å². The molecule has 0 heterocycles. The number of halogens is 2. The van der Waals surface area contributed by atoms with Crippen LogP contribution >= 0.6 is 11.6 Å². The van der Waals surface area contributed by atoms with Crippen LogP contribution in [0.15, 0.2) is 18.2 Å². The zero-order chi connectivity index (χ0) is 12.7. The van der Waals surface area contributed by atoms with Gasteiger partial charge in [-0.05, 0) is 25.6 Å². The summed E-state index contributed by atoms with van der Waals surface area (Å²) in [5, 5.41) is 0. The summed E-state index contributed by atoms with van der Waals surface area (Å²) in [7, 11) is 1.53. The molecule has 0 saturated carbocycles. The van der Waals surface area contributed by atoms with Gasteiger partial charge >= 0.3 is 0 Å². The SMILES string of the molecule is CCN(CCCCl)Cc1ccc(OC)cc1F. The van der Waals surface area contributed by atoms with Gasteiger partial charge < -0.3 is 4.74 Å². The molecule has 0 amide bonds. The van der Waals surface area contributed by atoms with Crippen LogP contribution in [0.5, 0.6) is 5.75 Å². The number of benzene rings is 1. The van der Waals surface area contributed by atoms with Crippen LogP contribution in [0.3, 0.4) is 0 Å². The quantitative estimate of drug-likeness (QED) is 0.697. The van der Waals surface area contributed by atoms with Gasteiger partial charge in [0.05, 0.1) is 7.11 Å². The predicted molar refractivity (Wildman–Crippen MR) is 69.2 cm³/mol. The highest BCUT2D eigenvalue weighted by Gasteiger charge is 2.08. The molecule has 2 nitrogen and oxygen atoms in total. The molecule has 0 unspecified atom stereocenters. The van der Waals surface area contributed by atoms with Gasteiger partial charge in [-0.25, -0.2) is 4.39 Å². The molecule has 0 atom stereocenters. The van der Waals surface area contributed by atoms with Crippen LogP contribution < -0.4 is 4.74 Å². The number of rotatable bonds is 7. The molecule has 0 aliphatic carbocycles. The molecule has 0 spiro atoms. The molecule has 1 aromatic carbocycles. The zero-order valence-electron chi connectivity index (χ0n) is 10.4. The second-order valence-corrected chi connectivity index (χ2v) is 4.25. The van der Waals surface area contributed by atoms with Crippen molar-refractivity contribution in [3.63, 3.8) is 0 Å². The smallest absolute Gasteiger partial charge is 0.131 e. The molecular weight excluding hydrogens is 241 g/mol. The first kappa shape index (κ1) is 14.3. The Morgan fingerprint density at radius 1 is 1.41 bits per heavy atom. The molecule has 4 heteroatoms. The maximum absolute atomic E-state index is 13.7. The van der Waals surface area contributed by atoms with Crippen LogP contribution in [0.1, 0.15) is 18.9 Å². The summed E-state index contributed by atoms with van der Waals surface area (Å²) in [5.41, 5.74) is 0.697. The van der Waals surface area contributed by atoms with Crippen molar-refractivity contribution in [2.24, 2.45) is 0 Å². The minimum atomic E-state index is -0.214. The Morgan fingerprint density at radius 3 is 2.71 bits per heavy atom. The van der Waals surface area contributed by atoms with Gasteiger partial charge in [0.1, 0.15) is 11.6 Å². The van der Waals surface area contributed by atoms with Gasteiger partial charge in [-0.1, -0.05) is 13.0 Å². The Labute approximate surface area is 107 Å². The van der Waals surface area contributed by atoms with E-state index in [0.29, 0.717) is 23.7 Å². The van der Waals surface area contributed by atoms with E-state index in [4.69, 9.17) is 16.3 Å². The largest absolute Gasteiger partial charge is 0.497 e. The molecule has 0 bridgehead atoms. The molecule has 0 aromatic heterocycles. The normalized spacial score (nSPS) is 10.9. The first-order valence-corrected chi connectivity index (χ1v) is 6.35. The topological polar surface area (TPSA) is 12.5 Å². The van der Waals surface area contributed by atoms with E-state index >= 15 is 0 Å². The Bertz CT molecular complexity index is 346. The molecule has 0 saturated heterocycles. The molecule has 96 valence electrons. The van der Waals surface area contributed by atoms with Gasteiger partial charge in [0.15, 0.2) is 0 Å². The molecule has 1 rings (SSSR count). The van der Waals surface area contributed by atoms with E-state index in [2.05, 4.69) is 11.8 Å². The summed E-state index contributed by atoms with van der Waals surface area (Å²) < 4.78 is 18.7. The maximum Gasteiger partial charge on any atom is 0.131 e. The first-order valence-electron chi connectivity index (χ1n) is 5.82. The van der Waals surface area contributed by atoms with Crippen LogP contribution in [0.4, 0.5) is 4.39 Å². The molecule has 0 radical (unpaired) electrons. The highest BCUT2D eigenvalue weighted by molar-refractivity contribution is 6.17. The number of methoxy groups -OCH3 is 1. The summed E-state index contributed by atoms with van der Waals surface area (Å²) in [6.07, 6.45) is 0.924. The standard InChI is InChI=1S/C13H19ClFNO/c1-3-16(8-4-7-14)10-11-5-6-12(17-2)9-13(11)15/h5-6,9H,3-4,7-8,10H2,1-2H3. The van der Waals surface area contributed by atoms with E-state index in [-0.39, 0.29) is 5.82 Å². The monoisotopic (exact) mass is 259 g/mol. The predicted octanol–water partition coefficient (Wildman–Crippen LogP) is 3.29. The van der Waals surface area contributed by atoms with Crippen molar-refractivity contribution < 1.29 is 9.13 Å². The van der Waals surface area contributed by atoms with Gasteiger partial charge in [0.25, 0.3) is 0 Å². The number of nitrogens with zero attached hydrogens (tertiary/aromatic N) is 1. The summed E-state index contributed by atoms with van der Waals surface area (Å²) in [6, 6.07) is 4.98. The fourth-order valence-corrected chi connectivity index (χ4v) is 1.78. The summed E-state index contributed by atoms with van der Waals surface area (Å²) in [4.78, 5) is 2.17. The van der Waals surface area contributed by atoms with E-state index in [1.807, 2.05) is 0 Å². The van der Waals surface area contributed by atoms with Gasteiger partial charge in [-0.3, -0.25) is 4.90 Å². The lowest BCUT2D eigenvalue weighted by Crippen LogP contribution is -2.24. The van der Waals surface area contributed by atoms with Crippen molar-refractivity contribution in [2.75, 3.05) is 26.1 Å². The van der Waals surface area contributed by atoms with Crippen molar-refractivity contribution in [1.82, 2.24) is 4.90 Å². The van der Waals surface area contributed by atoms with E-state index in [1.165, 1.54) is 13.2 Å². The Hall–Kier alpha value is -0.800. The highest BCUT2D eigenvalue weighted by atomic mass is 35.5. The summed E-state index contributed by atoms with van der Waals surface area (Å²) in [6.45, 7) is 4.46. The second-order valence-electron chi connectivity index (χ2n) is 3.87. The minimum absolute atomic E-state index is 0.214. The van der Waals surface area contributed by atoms with Gasteiger partial charge in [0.2, 0.25) is 0 Å². The molecule has 17 heavy (non-hydrogen) atoms. The lowest BCUT2D eigenvalue weighted by atomic mass is 10.2. The molecule has 0 N–H and O–H groups in total. The zero-order valence-corrected chi connectivity index (χ0v) is 11.1. The number of ether oxygens (including phenoxy) is 1. The fraction of sp³-hybridized carbons (Fsp3) is 0.538. The van der Waals surface area contributed by atoms with Crippen molar-refractivity contribution in [3.05, 3.63) is 29.6 Å². The average molecular weight is 260 g/mol. The van der Waals surface area contributed by atoms with Gasteiger partial charge in [-0.15, -0.1) is 11.6 Å². The average Bonchev–Trinajstić information content (AvgIpc) is 2.36. The van der Waals surface area contributed by atoms with Crippen LogP contribution in [0.2, 0.25) is 0 Å². The van der Waals surface area contributed by atoms with Crippen LogP contribution in [0.25, 0.3) is 0 Å². The van der Waals surface area contributed by atoms with Crippen LogP contribution in [-0.2, 0) is 6.54 Å². The van der Waals surface area contributed by atoms with E-state index in [1.54, 1.807) is 12.1 Å². The minimum Gasteiger partial charge on any atom is -0.497 e. The van der Waals surface area contributed by atoms with E-state index in [0.717, 1.165) is 19.5 Å². The lowest BCUT2D eigenvalue weighted by Gasteiger charge is -2.20. The number of alkyl halides is 1. The van der Waals surface area contributed by atoms with Crippen LogP contribution in [-0.4, -0.2) is 31.0 Å². The Morgan fingerprint density at radius 2 is 2.18 bits per heavy atom. The highest BCUT2D eigenvalue weighted by Crippen LogP contribution is 2.17.